The molecule has 1 fully saturated rings. The van der Waals surface area contributed by atoms with E-state index in [9.17, 15) is 22.0 Å². The highest BCUT2D eigenvalue weighted by molar-refractivity contribution is 7.89. The van der Waals surface area contributed by atoms with Gasteiger partial charge in [-0.15, -0.1) is 10.2 Å². The van der Waals surface area contributed by atoms with Crippen LogP contribution >= 0.6 is 11.3 Å². The first-order chi connectivity index (χ1) is 15.3. The van der Waals surface area contributed by atoms with Crippen LogP contribution in [0.25, 0.3) is 0 Å². The number of methoxy groups -OCH3 is 1. The monoisotopic (exact) mass is 480 g/mol. The Morgan fingerprint density at radius 2 is 1.91 bits per heavy atom. The zero-order valence-electron chi connectivity index (χ0n) is 16.8. The second-order valence-corrected chi connectivity index (χ2v) is 9.88. The van der Waals surface area contributed by atoms with Crippen LogP contribution < -0.4 is 10.1 Å². The molecule has 3 aromatic rings. The molecule has 1 aliphatic heterocycles. The van der Waals surface area contributed by atoms with Crippen molar-refractivity contribution in [3.8, 4) is 5.75 Å². The first-order valence-electron chi connectivity index (χ1n) is 9.55. The molecule has 0 bridgehead atoms. The van der Waals surface area contributed by atoms with Gasteiger partial charge in [0.15, 0.2) is 11.6 Å². The van der Waals surface area contributed by atoms with Crippen molar-refractivity contribution in [3.05, 3.63) is 64.1 Å². The molecule has 1 aliphatic rings. The van der Waals surface area contributed by atoms with E-state index in [1.165, 1.54) is 29.6 Å². The van der Waals surface area contributed by atoms with Crippen LogP contribution in [0.3, 0.4) is 0 Å². The Morgan fingerprint density at radius 1 is 1.16 bits per heavy atom. The summed E-state index contributed by atoms with van der Waals surface area (Å²) in [6.07, 6.45) is 1.17. The molecule has 2 heterocycles. The quantitative estimate of drug-likeness (QED) is 0.579. The Morgan fingerprint density at radius 3 is 2.59 bits per heavy atom. The second kappa shape index (κ2) is 8.88. The topological polar surface area (TPSA) is 101 Å². The van der Waals surface area contributed by atoms with Gasteiger partial charge in [-0.1, -0.05) is 11.3 Å². The van der Waals surface area contributed by atoms with Gasteiger partial charge in [0.25, 0.3) is 5.91 Å². The second-order valence-electron chi connectivity index (χ2n) is 6.98. The van der Waals surface area contributed by atoms with E-state index in [0.717, 1.165) is 23.5 Å². The number of hydrogen-bond donors (Lipinski definition) is 1. The average molecular weight is 481 g/mol. The van der Waals surface area contributed by atoms with Crippen molar-refractivity contribution in [1.29, 1.82) is 0 Å². The summed E-state index contributed by atoms with van der Waals surface area (Å²) in [6.45, 7) is 0.314. The van der Waals surface area contributed by atoms with Crippen LogP contribution in [-0.4, -0.2) is 42.5 Å². The fraction of sp³-hybridized carbons (Fsp3) is 0.250. The lowest BCUT2D eigenvalue weighted by molar-refractivity contribution is 0.102. The summed E-state index contributed by atoms with van der Waals surface area (Å²) in [4.78, 5) is 12.6. The molecular weight excluding hydrogens is 462 g/mol. The minimum Gasteiger partial charge on any atom is -0.497 e. The van der Waals surface area contributed by atoms with Gasteiger partial charge in [0.05, 0.1) is 18.0 Å². The molecule has 8 nitrogen and oxygen atoms in total. The van der Waals surface area contributed by atoms with Crippen LogP contribution in [0.1, 0.15) is 33.7 Å². The van der Waals surface area contributed by atoms with Crippen LogP contribution in [0.5, 0.6) is 5.75 Å². The van der Waals surface area contributed by atoms with Crippen molar-refractivity contribution in [1.82, 2.24) is 14.5 Å². The zero-order chi connectivity index (χ0) is 22.9. The number of hydrogen-bond acceptors (Lipinski definition) is 7. The number of rotatable bonds is 6. The number of sulfonamides is 1. The minimum atomic E-state index is -3.79. The Kier molecular flexibility index (Phi) is 6.17. The van der Waals surface area contributed by atoms with Gasteiger partial charge in [0.1, 0.15) is 10.8 Å². The fourth-order valence-corrected chi connectivity index (χ4v) is 5.99. The highest BCUT2D eigenvalue weighted by Gasteiger charge is 2.38. The van der Waals surface area contributed by atoms with Crippen molar-refractivity contribution in [2.45, 2.75) is 23.8 Å². The van der Waals surface area contributed by atoms with Crippen molar-refractivity contribution in [2.24, 2.45) is 0 Å². The van der Waals surface area contributed by atoms with Gasteiger partial charge in [-0.25, -0.2) is 17.2 Å². The van der Waals surface area contributed by atoms with Crippen molar-refractivity contribution >= 4 is 33.0 Å². The van der Waals surface area contributed by atoms with Gasteiger partial charge < -0.3 is 10.1 Å². The largest absolute Gasteiger partial charge is 0.497 e. The zero-order valence-corrected chi connectivity index (χ0v) is 18.4. The minimum absolute atomic E-state index is 0.0153. The molecule has 1 N–H and O–H groups in total. The maximum absolute atomic E-state index is 13.4. The summed E-state index contributed by atoms with van der Waals surface area (Å²) >= 11 is 0.958. The van der Waals surface area contributed by atoms with Crippen molar-refractivity contribution in [2.75, 3.05) is 19.0 Å². The molecule has 32 heavy (non-hydrogen) atoms. The molecule has 1 aromatic heterocycles. The number of nitrogens with one attached hydrogen (secondary N) is 1. The summed E-state index contributed by atoms with van der Waals surface area (Å²) in [5, 5.41) is 10.7. The summed E-state index contributed by atoms with van der Waals surface area (Å²) < 4.78 is 59.2. The van der Waals surface area contributed by atoms with E-state index in [1.807, 2.05) is 0 Å². The average Bonchev–Trinajstić information content (AvgIpc) is 3.46. The van der Waals surface area contributed by atoms with Gasteiger partial charge in [-0.2, -0.15) is 4.31 Å². The SMILES string of the molecule is COc1ccc(S(=O)(=O)N2CCCC2c2nnc(C(=O)Nc3ccc(F)c(F)c3)s2)cc1. The maximum atomic E-state index is 13.4. The van der Waals surface area contributed by atoms with E-state index in [2.05, 4.69) is 15.5 Å². The summed E-state index contributed by atoms with van der Waals surface area (Å²) in [6, 6.07) is 8.52. The molecule has 4 rings (SSSR count). The molecule has 168 valence electrons. The molecule has 1 saturated heterocycles. The van der Waals surface area contributed by atoms with Gasteiger partial charge >= 0.3 is 0 Å². The van der Waals surface area contributed by atoms with E-state index in [-0.39, 0.29) is 15.6 Å². The van der Waals surface area contributed by atoms with Gasteiger partial charge in [0, 0.05) is 18.3 Å². The van der Waals surface area contributed by atoms with E-state index < -0.39 is 33.6 Å². The number of aromatic nitrogens is 2. The number of nitrogens with zero attached hydrogens (tertiary/aromatic N) is 3. The predicted octanol–water partition coefficient (Wildman–Crippen LogP) is 3.60. The van der Waals surface area contributed by atoms with E-state index >= 15 is 0 Å². The third-order valence-electron chi connectivity index (χ3n) is 4.97. The Bertz CT molecular complexity index is 1250. The Hall–Kier alpha value is -2.96. The number of benzene rings is 2. The van der Waals surface area contributed by atoms with Crippen molar-refractivity contribution < 1.29 is 26.7 Å². The van der Waals surface area contributed by atoms with Gasteiger partial charge in [-0.3, -0.25) is 4.79 Å². The normalized spacial score (nSPS) is 16.8. The third-order valence-corrected chi connectivity index (χ3v) is 7.91. The van der Waals surface area contributed by atoms with Crippen LogP contribution in [0, 0.1) is 11.6 Å². The van der Waals surface area contributed by atoms with E-state index in [4.69, 9.17) is 4.74 Å². The van der Waals surface area contributed by atoms with Crippen LogP contribution in [-0.2, 0) is 10.0 Å². The molecule has 0 radical (unpaired) electrons. The lowest BCUT2D eigenvalue weighted by Crippen LogP contribution is -2.30. The first kappa shape index (κ1) is 22.2. The van der Waals surface area contributed by atoms with Gasteiger partial charge in [0.2, 0.25) is 15.0 Å². The van der Waals surface area contributed by atoms with Crippen LogP contribution in [0.2, 0.25) is 0 Å². The molecule has 12 heteroatoms. The number of halogens is 2. The summed E-state index contributed by atoms with van der Waals surface area (Å²) in [5.41, 5.74) is 0.0650. The Labute approximate surface area is 186 Å². The number of anilines is 1. The van der Waals surface area contributed by atoms with Crippen LogP contribution in [0.15, 0.2) is 47.4 Å². The predicted molar refractivity (Wildman–Crippen MR) is 113 cm³/mol. The molecule has 0 spiro atoms. The smallest absolute Gasteiger partial charge is 0.286 e. The number of carbonyl (C=O) groups is 1. The lowest BCUT2D eigenvalue weighted by atomic mass is 10.2. The summed E-state index contributed by atoms with van der Waals surface area (Å²) in [7, 11) is -2.29. The lowest BCUT2D eigenvalue weighted by Gasteiger charge is -2.22. The number of carbonyl (C=O) groups excluding carboxylic acids is 1. The molecule has 1 unspecified atom stereocenters. The van der Waals surface area contributed by atoms with Crippen molar-refractivity contribution in [3.63, 3.8) is 0 Å². The van der Waals surface area contributed by atoms with Gasteiger partial charge in [-0.05, 0) is 49.2 Å². The highest BCUT2D eigenvalue weighted by Crippen LogP contribution is 2.38. The fourth-order valence-electron chi connectivity index (χ4n) is 3.38. The van der Waals surface area contributed by atoms with Crippen LogP contribution in [0.4, 0.5) is 14.5 Å². The molecular formula is C20H18F2N4O4S2. The standard InChI is InChI=1S/C20H18F2N4O4S2/c1-30-13-5-7-14(8-6-13)32(28,29)26-10-2-3-17(26)19-24-25-20(31-19)18(27)23-12-4-9-15(21)16(22)11-12/h4-9,11,17H,2-3,10H2,1H3,(H,23,27). The molecule has 0 saturated carbocycles. The maximum Gasteiger partial charge on any atom is 0.286 e. The van der Waals surface area contributed by atoms with E-state index in [0.29, 0.717) is 30.1 Å². The molecule has 1 amide bonds. The first-order valence-corrected chi connectivity index (χ1v) is 11.8. The molecule has 0 aliphatic carbocycles. The van der Waals surface area contributed by atoms with E-state index in [1.54, 1.807) is 12.1 Å². The number of ether oxygens (including phenoxy) is 1. The molecule has 2 aromatic carbocycles. The highest BCUT2D eigenvalue weighted by atomic mass is 32.2. The Balaban J connectivity index is 1.53. The number of amides is 1. The summed E-state index contributed by atoms with van der Waals surface area (Å²) in [5.74, 6) is -2.23. The molecule has 1 atom stereocenters. The third kappa shape index (κ3) is 4.33.